The zero-order valence-corrected chi connectivity index (χ0v) is 9.92. The van der Waals surface area contributed by atoms with Crippen LogP contribution in [0.4, 0.5) is 0 Å². The summed E-state index contributed by atoms with van der Waals surface area (Å²) < 4.78 is 0. The molecular weight excluding hydrogens is 232 g/mol. The van der Waals surface area contributed by atoms with Crippen molar-refractivity contribution >= 4 is 0 Å². The third kappa shape index (κ3) is 3.00. The van der Waals surface area contributed by atoms with Gasteiger partial charge >= 0.3 is 0 Å². The first-order chi connectivity index (χ1) is 8.70. The van der Waals surface area contributed by atoms with Gasteiger partial charge in [-0.05, 0) is 11.1 Å². The molecule has 3 atom stereocenters. The lowest BCUT2D eigenvalue weighted by atomic mass is 9.99. The zero-order valence-electron chi connectivity index (χ0n) is 9.92. The fraction of sp³-hybridized carbons (Fsp3) is 0.500. The zero-order chi connectivity index (χ0) is 13.0. The van der Waals surface area contributed by atoms with Crippen LogP contribution in [-0.2, 0) is 6.54 Å². The van der Waals surface area contributed by atoms with Gasteiger partial charge in [0.2, 0.25) is 0 Å². The van der Waals surface area contributed by atoms with E-state index in [9.17, 15) is 10.2 Å². The monoisotopic (exact) mass is 248 g/mol. The predicted molar refractivity (Wildman–Crippen MR) is 66.7 cm³/mol. The molecule has 0 spiro atoms. The molecule has 2 N–H and O–H groups in total. The highest BCUT2D eigenvalue weighted by Crippen LogP contribution is 2.17. The summed E-state index contributed by atoms with van der Waals surface area (Å²) in [5.41, 5.74) is 9.57. The Morgan fingerprint density at radius 3 is 2.67 bits per heavy atom. The summed E-state index contributed by atoms with van der Waals surface area (Å²) >= 11 is 0. The molecule has 0 unspecified atom stereocenters. The molecule has 0 radical (unpaired) electrons. The van der Waals surface area contributed by atoms with Crippen LogP contribution in [0.3, 0.4) is 0 Å². The highest BCUT2D eigenvalue weighted by molar-refractivity contribution is 5.14. The molecule has 2 rings (SSSR count). The standard InChI is InChI=1S/C12H16N4O2/c13-15-14-10-7-16(8-11(17)12(10)18)6-9-4-2-1-3-5-9/h1-5,10-12,17-18H,6-8H2/t10-,11+,12-/m1/s1. The molecule has 0 aliphatic carbocycles. The Balaban J connectivity index is 2.04. The molecule has 0 bridgehead atoms. The van der Waals surface area contributed by atoms with Gasteiger partial charge in [-0.25, -0.2) is 0 Å². The van der Waals surface area contributed by atoms with Gasteiger partial charge in [-0.15, -0.1) is 0 Å². The van der Waals surface area contributed by atoms with Gasteiger partial charge in [-0.2, -0.15) is 0 Å². The molecule has 1 aliphatic heterocycles. The van der Waals surface area contributed by atoms with Crippen molar-refractivity contribution in [1.29, 1.82) is 0 Å². The predicted octanol–water partition coefficient (Wildman–Crippen LogP) is 0.903. The molecule has 0 amide bonds. The van der Waals surface area contributed by atoms with Crippen LogP contribution in [0.15, 0.2) is 35.4 Å². The number of benzene rings is 1. The lowest BCUT2D eigenvalue weighted by Gasteiger charge is -2.37. The van der Waals surface area contributed by atoms with E-state index in [1.165, 1.54) is 0 Å². The van der Waals surface area contributed by atoms with Gasteiger partial charge in [-0.3, -0.25) is 4.90 Å². The molecule has 6 nitrogen and oxygen atoms in total. The van der Waals surface area contributed by atoms with E-state index in [-0.39, 0.29) is 0 Å². The van der Waals surface area contributed by atoms with Gasteiger partial charge < -0.3 is 10.2 Å². The van der Waals surface area contributed by atoms with Crippen LogP contribution in [0.5, 0.6) is 0 Å². The molecule has 0 saturated carbocycles. The van der Waals surface area contributed by atoms with E-state index in [1.54, 1.807) is 0 Å². The summed E-state index contributed by atoms with van der Waals surface area (Å²) in [5, 5.41) is 23.0. The Labute approximate surface area is 105 Å². The molecule has 18 heavy (non-hydrogen) atoms. The van der Waals surface area contributed by atoms with Crippen LogP contribution in [0.1, 0.15) is 5.56 Å². The summed E-state index contributed by atoms with van der Waals surface area (Å²) in [4.78, 5) is 4.69. The lowest BCUT2D eigenvalue weighted by molar-refractivity contribution is -0.0520. The normalized spacial score (nSPS) is 28.7. The van der Waals surface area contributed by atoms with Gasteiger partial charge in [-0.1, -0.05) is 35.4 Å². The minimum atomic E-state index is -0.979. The van der Waals surface area contributed by atoms with Crippen molar-refractivity contribution in [1.82, 2.24) is 4.90 Å². The molecule has 1 heterocycles. The number of hydrogen-bond donors (Lipinski definition) is 2. The van der Waals surface area contributed by atoms with E-state index < -0.39 is 18.2 Å². The number of likely N-dealkylation sites (tertiary alicyclic amines) is 1. The first-order valence-electron chi connectivity index (χ1n) is 5.87. The van der Waals surface area contributed by atoms with Crippen LogP contribution in [0.25, 0.3) is 10.4 Å². The summed E-state index contributed by atoms with van der Waals surface area (Å²) in [6.45, 7) is 1.51. The number of rotatable bonds is 3. The Kier molecular flexibility index (Phi) is 4.17. The van der Waals surface area contributed by atoms with Crippen molar-refractivity contribution in [2.45, 2.75) is 24.8 Å². The maximum absolute atomic E-state index is 9.75. The van der Waals surface area contributed by atoms with Crippen LogP contribution >= 0.6 is 0 Å². The second-order valence-corrected chi connectivity index (χ2v) is 4.51. The van der Waals surface area contributed by atoms with Crippen molar-refractivity contribution in [3.05, 3.63) is 46.3 Å². The Morgan fingerprint density at radius 2 is 2.00 bits per heavy atom. The molecule has 1 saturated heterocycles. The van der Waals surface area contributed by atoms with Gasteiger partial charge in [0.25, 0.3) is 0 Å². The SMILES string of the molecule is [N-]=[N+]=N[C@@H]1CN(Cc2ccccc2)C[C@H](O)[C@@H]1O. The van der Waals surface area contributed by atoms with Crippen molar-refractivity contribution in [2.24, 2.45) is 5.11 Å². The van der Waals surface area contributed by atoms with Crippen molar-refractivity contribution in [2.75, 3.05) is 13.1 Å². The topological polar surface area (TPSA) is 92.5 Å². The quantitative estimate of drug-likeness (QED) is 0.473. The fourth-order valence-corrected chi connectivity index (χ4v) is 2.22. The number of aliphatic hydroxyl groups is 2. The Morgan fingerprint density at radius 1 is 1.28 bits per heavy atom. The maximum Gasteiger partial charge on any atom is 0.0930 e. The highest BCUT2D eigenvalue weighted by atomic mass is 16.3. The molecule has 1 aliphatic rings. The van der Waals surface area contributed by atoms with E-state index in [1.807, 2.05) is 35.2 Å². The van der Waals surface area contributed by atoms with E-state index in [2.05, 4.69) is 10.0 Å². The second-order valence-electron chi connectivity index (χ2n) is 4.51. The first kappa shape index (κ1) is 12.9. The summed E-state index contributed by atoms with van der Waals surface area (Å²) in [6, 6.07) is 9.26. The fourth-order valence-electron chi connectivity index (χ4n) is 2.22. The van der Waals surface area contributed by atoms with Crippen molar-refractivity contribution in [3.8, 4) is 0 Å². The first-order valence-corrected chi connectivity index (χ1v) is 5.87. The average molecular weight is 248 g/mol. The molecule has 0 aromatic heterocycles. The van der Waals surface area contributed by atoms with Crippen LogP contribution in [0, 0.1) is 0 Å². The molecule has 6 heteroatoms. The summed E-state index contributed by atoms with van der Waals surface area (Å²) in [6.07, 6.45) is -1.86. The highest BCUT2D eigenvalue weighted by Gasteiger charge is 2.33. The lowest BCUT2D eigenvalue weighted by Crippen LogP contribution is -2.54. The number of piperidine rings is 1. The molecule has 1 aromatic rings. The largest absolute Gasteiger partial charge is 0.390 e. The molecule has 1 aromatic carbocycles. The number of aliphatic hydroxyl groups excluding tert-OH is 2. The Hall–Kier alpha value is -1.59. The van der Waals surface area contributed by atoms with Crippen molar-refractivity contribution < 1.29 is 10.2 Å². The average Bonchev–Trinajstić information content (AvgIpc) is 2.37. The van der Waals surface area contributed by atoms with Crippen LogP contribution < -0.4 is 0 Å². The second kappa shape index (κ2) is 5.84. The van der Waals surface area contributed by atoms with E-state index in [0.29, 0.717) is 19.6 Å². The number of hydrogen-bond acceptors (Lipinski definition) is 4. The summed E-state index contributed by atoms with van der Waals surface area (Å²) in [5.74, 6) is 0. The van der Waals surface area contributed by atoms with Gasteiger partial charge in [0, 0.05) is 24.5 Å². The number of nitrogens with zero attached hydrogens (tertiary/aromatic N) is 4. The third-order valence-electron chi connectivity index (χ3n) is 3.13. The van der Waals surface area contributed by atoms with Gasteiger partial charge in [0.1, 0.15) is 0 Å². The number of β-amino-alcohol motifs (C(OH)–C–C–N with tert-alkyl or cyclic N) is 1. The molecule has 96 valence electrons. The maximum atomic E-state index is 9.75. The van der Waals surface area contributed by atoms with Crippen molar-refractivity contribution in [3.63, 3.8) is 0 Å². The van der Waals surface area contributed by atoms with E-state index >= 15 is 0 Å². The molecule has 1 fully saturated rings. The molecular formula is C12H16N4O2. The minimum Gasteiger partial charge on any atom is -0.390 e. The van der Waals surface area contributed by atoms with Crippen LogP contribution in [0.2, 0.25) is 0 Å². The van der Waals surface area contributed by atoms with Crippen LogP contribution in [-0.4, -0.2) is 46.5 Å². The smallest absolute Gasteiger partial charge is 0.0930 e. The number of azide groups is 1. The van der Waals surface area contributed by atoms with E-state index in [4.69, 9.17) is 5.53 Å². The van der Waals surface area contributed by atoms with Gasteiger partial charge in [0.15, 0.2) is 0 Å². The van der Waals surface area contributed by atoms with Gasteiger partial charge in [0.05, 0.1) is 18.2 Å². The van der Waals surface area contributed by atoms with E-state index in [0.717, 1.165) is 5.56 Å². The third-order valence-corrected chi connectivity index (χ3v) is 3.13. The summed E-state index contributed by atoms with van der Waals surface area (Å²) in [7, 11) is 0. The minimum absolute atomic E-state index is 0.382. The Bertz CT molecular complexity index is 433.